The van der Waals surface area contributed by atoms with Gasteiger partial charge in [-0.1, -0.05) is 37.0 Å². The monoisotopic (exact) mass is 463 g/mol. The fraction of sp³-hybridized carbons (Fsp3) is 0.273. The number of amides is 1. The number of anilines is 1. The molecular formula is C22H23Cl2N3O2S. The first-order valence-electron chi connectivity index (χ1n) is 9.41. The zero-order valence-electron chi connectivity index (χ0n) is 17.2. The average Bonchev–Trinajstić information content (AvgIpc) is 2.94. The molecule has 8 heteroatoms. The molecule has 1 aliphatic rings. The SMILES string of the molecule is CC(C)CN1C(=O)/C(=C/c2cc(Cl)cc(Cl)c2O)SC1=Nc1ccc(N(C)C)cc1. The Bertz CT molecular complexity index is 1020. The van der Waals surface area contributed by atoms with Gasteiger partial charge in [-0.3, -0.25) is 9.69 Å². The molecule has 2 aromatic rings. The van der Waals surface area contributed by atoms with Crippen molar-refractivity contribution in [2.75, 3.05) is 25.5 Å². The smallest absolute Gasteiger partial charge is 0.266 e. The molecule has 3 rings (SSSR count). The summed E-state index contributed by atoms with van der Waals surface area (Å²) in [6.07, 6.45) is 1.60. The number of carbonyl (C=O) groups is 1. The highest BCUT2D eigenvalue weighted by Gasteiger charge is 2.34. The van der Waals surface area contributed by atoms with Crippen LogP contribution in [0.15, 0.2) is 46.3 Å². The van der Waals surface area contributed by atoms with Gasteiger partial charge in [0.25, 0.3) is 5.91 Å². The third kappa shape index (κ3) is 5.12. The molecule has 1 N–H and O–H groups in total. The van der Waals surface area contributed by atoms with Gasteiger partial charge in [-0.15, -0.1) is 0 Å². The van der Waals surface area contributed by atoms with Crippen LogP contribution in [0.5, 0.6) is 5.75 Å². The molecule has 1 heterocycles. The van der Waals surface area contributed by atoms with E-state index in [2.05, 4.69) is 0 Å². The van der Waals surface area contributed by atoms with Gasteiger partial charge in [-0.2, -0.15) is 0 Å². The molecule has 0 saturated carbocycles. The van der Waals surface area contributed by atoms with Gasteiger partial charge in [-0.05, 0) is 60.2 Å². The number of thioether (sulfide) groups is 1. The zero-order valence-corrected chi connectivity index (χ0v) is 19.5. The van der Waals surface area contributed by atoms with Crippen molar-refractivity contribution in [3.05, 3.63) is 56.9 Å². The highest BCUT2D eigenvalue weighted by Crippen LogP contribution is 2.38. The maximum absolute atomic E-state index is 13.1. The number of carbonyl (C=O) groups excluding carboxylic acids is 1. The Labute approximate surface area is 191 Å². The number of halogens is 2. The fourth-order valence-corrected chi connectivity index (χ4v) is 4.40. The van der Waals surface area contributed by atoms with E-state index in [1.807, 2.05) is 57.1 Å². The van der Waals surface area contributed by atoms with Gasteiger partial charge in [0.1, 0.15) is 5.75 Å². The number of benzene rings is 2. The van der Waals surface area contributed by atoms with E-state index >= 15 is 0 Å². The van der Waals surface area contributed by atoms with E-state index in [0.717, 1.165) is 11.4 Å². The predicted octanol–water partition coefficient (Wildman–Crippen LogP) is 6.03. The summed E-state index contributed by atoms with van der Waals surface area (Å²) in [5, 5.41) is 11.4. The van der Waals surface area contributed by atoms with E-state index in [1.165, 1.54) is 17.8 Å². The lowest BCUT2D eigenvalue weighted by Gasteiger charge is -2.18. The van der Waals surface area contributed by atoms with Crippen molar-refractivity contribution in [2.24, 2.45) is 10.9 Å². The van der Waals surface area contributed by atoms with Crippen LogP contribution in [-0.2, 0) is 4.79 Å². The molecule has 0 spiro atoms. The van der Waals surface area contributed by atoms with Crippen LogP contribution in [0.3, 0.4) is 0 Å². The second-order valence-corrected chi connectivity index (χ2v) is 9.40. The lowest BCUT2D eigenvalue weighted by atomic mass is 10.1. The Hall–Kier alpha value is -2.15. The zero-order chi connectivity index (χ0) is 22.0. The topological polar surface area (TPSA) is 56.1 Å². The number of hydrogen-bond donors (Lipinski definition) is 1. The van der Waals surface area contributed by atoms with Crippen molar-refractivity contribution >= 4 is 63.5 Å². The first-order valence-corrected chi connectivity index (χ1v) is 11.0. The molecule has 1 saturated heterocycles. The van der Waals surface area contributed by atoms with Crippen LogP contribution in [0.1, 0.15) is 19.4 Å². The van der Waals surface area contributed by atoms with E-state index in [0.29, 0.717) is 27.2 Å². The van der Waals surface area contributed by atoms with Crippen LogP contribution < -0.4 is 4.90 Å². The fourth-order valence-electron chi connectivity index (χ4n) is 2.89. The molecule has 0 bridgehead atoms. The van der Waals surface area contributed by atoms with E-state index in [1.54, 1.807) is 17.0 Å². The Morgan fingerprint density at radius 3 is 2.47 bits per heavy atom. The summed E-state index contributed by atoms with van der Waals surface area (Å²) in [4.78, 5) is 21.9. The molecule has 0 radical (unpaired) electrons. The molecule has 1 fully saturated rings. The minimum absolute atomic E-state index is 0.109. The Morgan fingerprint density at radius 1 is 1.20 bits per heavy atom. The molecular weight excluding hydrogens is 441 g/mol. The van der Waals surface area contributed by atoms with Gasteiger partial charge >= 0.3 is 0 Å². The second kappa shape index (κ2) is 9.33. The summed E-state index contributed by atoms with van der Waals surface area (Å²) < 4.78 is 0. The predicted molar refractivity (Wildman–Crippen MR) is 128 cm³/mol. The summed E-state index contributed by atoms with van der Waals surface area (Å²) in [6.45, 7) is 4.64. The largest absolute Gasteiger partial charge is 0.506 e. The van der Waals surface area contributed by atoms with Crippen molar-refractivity contribution < 1.29 is 9.90 Å². The number of aromatic hydroxyl groups is 1. The number of hydrogen-bond acceptors (Lipinski definition) is 5. The van der Waals surface area contributed by atoms with Crippen molar-refractivity contribution in [3.63, 3.8) is 0 Å². The molecule has 1 amide bonds. The van der Waals surface area contributed by atoms with Crippen LogP contribution in [0, 0.1) is 5.92 Å². The van der Waals surface area contributed by atoms with Crippen molar-refractivity contribution in [3.8, 4) is 5.75 Å². The summed E-state index contributed by atoms with van der Waals surface area (Å²) in [7, 11) is 3.96. The Morgan fingerprint density at radius 2 is 1.87 bits per heavy atom. The first-order chi connectivity index (χ1) is 14.2. The minimum atomic E-state index is -0.159. The van der Waals surface area contributed by atoms with Gasteiger partial charge in [0, 0.05) is 36.9 Å². The van der Waals surface area contributed by atoms with Crippen molar-refractivity contribution in [2.45, 2.75) is 13.8 Å². The first kappa shape index (κ1) is 22.5. The van der Waals surface area contributed by atoms with Crippen LogP contribution >= 0.6 is 35.0 Å². The Kier molecular flexibility index (Phi) is 7.01. The summed E-state index contributed by atoms with van der Waals surface area (Å²) in [6, 6.07) is 10.8. The number of amidine groups is 1. The number of nitrogens with zero attached hydrogens (tertiary/aromatic N) is 3. The molecule has 0 unspecified atom stereocenters. The summed E-state index contributed by atoms with van der Waals surface area (Å²) in [5.74, 6) is -0.000803. The lowest BCUT2D eigenvalue weighted by Crippen LogP contribution is -2.32. The minimum Gasteiger partial charge on any atom is -0.506 e. The number of aliphatic imine (C=N–C) groups is 1. The van der Waals surface area contributed by atoms with E-state index in [-0.39, 0.29) is 22.6 Å². The number of phenols is 1. The van der Waals surface area contributed by atoms with Crippen molar-refractivity contribution in [1.29, 1.82) is 0 Å². The van der Waals surface area contributed by atoms with Crippen LogP contribution in [0.4, 0.5) is 11.4 Å². The van der Waals surface area contributed by atoms with Crippen LogP contribution in [0.2, 0.25) is 10.0 Å². The maximum Gasteiger partial charge on any atom is 0.266 e. The Balaban J connectivity index is 1.98. The molecule has 158 valence electrons. The highest BCUT2D eigenvalue weighted by molar-refractivity contribution is 8.18. The number of phenolic OH excluding ortho intramolecular Hbond substituents is 1. The third-order valence-corrected chi connectivity index (χ3v) is 5.88. The van der Waals surface area contributed by atoms with E-state index in [9.17, 15) is 9.90 Å². The number of rotatable bonds is 5. The van der Waals surface area contributed by atoms with Crippen LogP contribution in [-0.4, -0.2) is 41.7 Å². The van der Waals surface area contributed by atoms with Gasteiger partial charge in [-0.25, -0.2) is 4.99 Å². The quantitative estimate of drug-likeness (QED) is 0.550. The van der Waals surface area contributed by atoms with Gasteiger partial charge in [0.15, 0.2) is 5.17 Å². The second-order valence-electron chi connectivity index (χ2n) is 7.55. The molecule has 0 atom stereocenters. The normalized spacial score (nSPS) is 16.9. The molecule has 0 aliphatic carbocycles. The van der Waals surface area contributed by atoms with Gasteiger partial charge < -0.3 is 10.0 Å². The van der Waals surface area contributed by atoms with E-state index in [4.69, 9.17) is 28.2 Å². The summed E-state index contributed by atoms with van der Waals surface area (Å²) >= 11 is 13.3. The molecule has 0 aromatic heterocycles. The third-order valence-electron chi connectivity index (χ3n) is 4.37. The molecule has 5 nitrogen and oxygen atoms in total. The standard InChI is InChI=1S/C22H23Cl2N3O2S/c1-13(2)12-27-21(29)19(10-14-9-15(23)11-18(24)20(14)28)30-22(27)25-16-5-7-17(8-6-16)26(3)4/h5-11,13,28H,12H2,1-4H3/b19-10-,25-22?. The highest BCUT2D eigenvalue weighted by atomic mass is 35.5. The van der Waals surface area contributed by atoms with Crippen LogP contribution in [0.25, 0.3) is 6.08 Å². The molecule has 1 aliphatic heterocycles. The van der Waals surface area contributed by atoms with E-state index < -0.39 is 0 Å². The molecule has 30 heavy (non-hydrogen) atoms. The average molecular weight is 464 g/mol. The van der Waals surface area contributed by atoms with Gasteiger partial charge in [0.05, 0.1) is 15.6 Å². The summed E-state index contributed by atoms with van der Waals surface area (Å²) in [5.41, 5.74) is 2.23. The van der Waals surface area contributed by atoms with Crippen molar-refractivity contribution in [1.82, 2.24) is 4.90 Å². The lowest BCUT2D eigenvalue weighted by molar-refractivity contribution is -0.122. The maximum atomic E-state index is 13.1. The molecule has 2 aromatic carbocycles. The van der Waals surface area contributed by atoms with Gasteiger partial charge in [0.2, 0.25) is 0 Å².